The van der Waals surface area contributed by atoms with Crippen LogP contribution in [0.25, 0.3) is 11.4 Å². The zero-order valence-electron chi connectivity index (χ0n) is 14.3. The van der Waals surface area contributed by atoms with Crippen molar-refractivity contribution in [2.24, 2.45) is 0 Å². The quantitative estimate of drug-likeness (QED) is 0.730. The van der Waals surface area contributed by atoms with E-state index in [1.807, 2.05) is 35.2 Å². The van der Waals surface area contributed by atoms with E-state index < -0.39 is 0 Å². The highest BCUT2D eigenvalue weighted by atomic mass is 16.5. The molecule has 132 valence electrons. The molecule has 1 amide bonds. The van der Waals surface area contributed by atoms with Crippen LogP contribution in [-0.4, -0.2) is 27.5 Å². The molecule has 0 radical (unpaired) electrons. The molecule has 2 heterocycles. The Kier molecular flexibility index (Phi) is 4.39. The standard InChI is InChI=1S/C20H20N4O2/c21-16-10-6-9-15(13-16)20(25)24-12-5-4-11-17(24)19-22-18(23-26-19)14-7-2-1-3-8-14/h1-3,6-10,13,17H,4-5,11-12,21H2. The highest BCUT2D eigenvalue weighted by Crippen LogP contribution is 2.32. The van der Waals surface area contributed by atoms with Gasteiger partial charge in [-0.1, -0.05) is 41.6 Å². The Hall–Kier alpha value is -3.15. The van der Waals surface area contributed by atoms with Gasteiger partial charge in [0.2, 0.25) is 11.7 Å². The summed E-state index contributed by atoms with van der Waals surface area (Å²) >= 11 is 0. The molecule has 0 aliphatic carbocycles. The van der Waals surface area contributed by atoms with E-state index in [-0.39, 0.29) is 11.9 Å². The second-order valence-corrected chi connectivity index (χ2v) is 6.46. The number of anilines is 1. The molecule has 1 unspecified atom stereocenters. The van der Waals surface area contributed by atoms with Gasteiger partial charge in [-0.3, -0.25) is 4.79 Å². The van der Waals surface area contributed by atoms with E-state index in [9.17, 15) is 4.79 Å². The average molecular weight is 348 g/mol. The molecule has 0 bridgehead atoms. The number of hydrogen-bond acceptors (Lipinski definition) is 5. The first-order valence-electron chi connectivity index (χ1n) is 8.78. The lowest BCUT2D eigenvalue weighted by Gasteiger charge is -2.33. The van der Waals surface area contributed by atoms with Gasteiger partial charge in [0, 0.05) is 23.4 Å². The summed E-state index contributed by atoms with van der Waals surface area (Å²) in [7, 11) is 0. The highest BCUT2D eigenvalue weighted by molar-refractivity contribution is 5.95. The SMILES string of the molecule is Nc1cccc(C(=O)N2CCCCC2c2nc(-c3ccccc3)no2)c1. The molecular formula is C20H20N4O2. The van der Waals surface area contributed by atoms with Crippen molar-refractivity contribution < 1.29 is 9.32 Å². The number of carbonyl (C=O) groups excluding carboxylic acids is 1. The van der Waals surface area contributed by atoms with Gasteiger partial charge in [0.1, 0.15) is 6.04 Å². The third-order valence-electron chi connectivity index (χ3n) is 4.66. The average Bonchev–Trinajstić information content (AvgIpc) is 3.18. The lowest BCUT2D eigenvalue weighted by atomic mass is 10.0. The topological polar surface area (TPSA) is 85.3 Å². The number of rotatable bonds is 3. The molecule has 6 heteroatoms. The molecule has 1 aromatic heterocycles. The Morgan fingerprint density at radius 2 is 1.96 bits per heavy atom. The number of benzene rings is 2. The molecule has 4 rings (SSSR count). The summed E-state index contributed by atoms with van der Waals surface area (Å²) < 4.78 is 5.52. The Balaban J connectivity index is 1.62. The van der Waals surface area contributed by atoms with Gasteiger partial charge < -0.3 is 15.2 Å². The van der Waals surface area contributed by atoms with Crippen LogP contribution in [-0.2, 0) is 0 Å². The van der Waals surface area contributed by atoms with Crippen molar-refractivity contribution in [1.29, 1.82) is 0 Å². The van der Waals surface area contributed by atoms with Crippen molar-refractivity contribution >= 4 is 11.6 Å². The minimum atomic E-state index is -0.206. The summed E-state index contributed by atoms with van der Waals surface area (Å²) in [5.41, 5.74) is 7.88. The fourth-order valence-corrected chi connectivity index (χ4v) is 3.34. The van der Waals surface area contributed by atoms with E-state index in [0.717, 1.165) is 24.8 Å². The predicted molar refractivity (Wildman–Crippen MR) is 98.2 cm³/mol. The third-order valence-corrected chi connectivity index (χ3v) is 4.66. The number of aromatic nitrogens is 2. The first-order chi connectivity index (χ1) is 12.7. The van der Waals surface area contributed by atoms with Crippen molar-refractivity contribution in [1.82, 2.24) is 15.0 Å². The lowest BCUT2D eigenvalue weighted by molar-refractivity contribution is 0.0561. The smallest absolute Gasteiger partial charge is 0.254 e. The van der Waals surface area contributed by atoms with Crippen molar-refractivity contribution in [2.45, 2.75) is 25.3 Å². The zero-order valence-corrected chi connectivity index (χ0v) is 14.3. The van der Waals surface area contributed by atoms with E-state index in [1.165, 1.54) is 0 Å². The monoisotopic (exact) mass is 348 g/mol. The van der Waals surface area contributed by atoms with Crippen molar-refractivity contribution in [2.75, 3.05) is 12.3 Å². The molecule has 1 atom stereocenters. The largest absolute Gasteiger partial charge is 0.399 e. The van der Waals surface area contributed by atoms with Crippen LogP contribution in [0, 0.1) is 0 Å². The Morgan fingerprint density at radius 1 is 1.12 bits per heavy atom. The van der Waals surface area contributed by atoms with Crippen LogP contribution in [0.5, 0.6) is 0 Å². The van der Waals surface area contributed by atoms with Crippen LogP contribution in [0.15, 0.2) is 59.1 Å². The maximum atomic E-state index is 13.0. The minimum Gasteiger partial charge on any atom is -0.399 e. The molecule has 1 saturated heterocycles. The predicted octanol–water partition coefficient (Wildman–Crippen LogP) is 3.69. The van der Waals surface area contributed by atoms with Crippen LogP contribution in [0.4, 0.5) is 5.69 Å². The van der Waals surface area contributed by atoms with Crippen LogP contribution in [0.1, 0.15) is 41.6 Å². The second-order valence-electron chi connectivity index (χ2n) is 6.46. The first-order valence-corrected chi connectivity index (χ1v) is 8.78. The van der Waals surface area contributed by atoms with Crippen molar-refractivity contribution in [3.8, 4) is 11.4 Å². The number of nitrogens with two attached hydrogens (primary N) is 1. The molecule has 2 N–H and O–H groups in total. The maximum absolute atomic E-state index is 13.0. The van der Waals surface area contributed by atoms with E-state index in [4.69, 9.17) is 10.3 Å². The summed E-state index contributed by atoms with van der Waals surface area (Å²) in [6.45, 7) is 0.668. The van der Waals surface area contributed by atoms with Crippen LogP contribution in [0.3, 0.4) is 0 Å². The molecule has 2 aromatic carbocycles. The normalized spacial score (nSPS) is 17.2. The summed E-state index contributed by atoms with van der Waals surface area (Å²) in [6.07, 6.45) is 2.79. The van der Waals surface area contributed by atoms with Gasteiger partial charge in [-0.25, -0.2) is 0 Å². The van der Waals surface area contributed by atoms with Gasteiger partial charge in [0.05, 0.1) is 0 Å². The summed E-state index contributed by atoms with van der Waals surface area (Å²) in [5.74, 6) is 0.977. The molecule has 0 spiro atoms. The third kappa shape index (κ3) is 3.18. The van der Waals surface area contributed by atoms with Gasteiger partial charge >= 0.3 is 0 Å². The molecule has 3 aromatic rings. The molecule has 1 fully saturated rings. The zero-order chi connectivity index (χ0) is 17.9. The number of carbonyl (C=O) groups is 1. The number of nitrogen functional groups attached to an aromatic ring is 1. The molecule has 26 heavy (non-hydrogen) atoms. The van der Waals surface area contributed by atoms with Gasteiger partial charge in [-0.2, -0.15) is 4.98 Å². The van der Waals surface area contributed by atoms with E-state index >= 15 is 0 Å². The Morgan fingerprint density at radius 3 is 2.77 bits per heavy atom. The number of nitrogens with zero attached hydrogens (tertiary/aromatic N) is 3. The van der Waals surface area contributed by atoms with Crippen LogP contribution >= 0.6 is 0 Å². The summed E-state index contributed by atoms with van der Waals surface area (Å²) in [5, 5.41) is 4.10. The van der Waals surface area contributed by atoms with E-state index in [2.05, 4.69) is 10.1 Å². The van der Waals surface area contributed by atoms with Crippen LogP contribution in [0.2, 0.25) is 0 Å². The molecule has 0 saturated carbocycles. The fraction of sp³-hybridized carbons (Fsp3) is 0.250. The number of hydrogen-bond donors (Lipinski definition) is 1. The van der Waals surface area contributed by atoms with E-state index in [0.29, 0.717) is 29.5 Å². The summed E-state index contributed by atoms with van der Waals surface area (Å²) in [6, 6.07) is 16.5. The molecule has 1 aliphatic rings. The first kappa shape index (κ1) is 16.3. The Labute approximate surface area is 151 Å². The second kappa shape index (κ2) is 7.00. The van der Waals surface area contributed by atoms with Gasteiger partial charge in [-0.05, 0) is 37.5 Å². The minimum absolute atomic E-state index is 0.0542. The molecular weight excluding hydrogens is 328 g/mol. The number of amides is 1. The fourth-order valence-electron chi connectivity index (χ4n) is 3.34. The van der Waals surface area contributed by atoms with Crippen molar-refractivity contribution in [3.63, 3.8) is 0 Å². The van der Waals surface area contributed by atoms with Gasteiger partial charge in [0.25, 0.3) is 5.91 Å². The number of piperidine rings is 1. The van der Waals surface area contributed by atoms with Crippen LogP contribution < -0.4 is 5.73 Å². The highest BCUT2D eigenvalue weighted by Gasteiger charge is 2.32. The summed E-state index contributed by atoms with van der Waals surface area (Å²) in [4.78, 5) is 19.4. The van der Waals surface area contributed by atoms with Gasteiger partial charge in [-0.15, -0.1) is 0 Å². The van der Waals surface area contributed by atoms with Crippen molar-refractivity contribution in [3.05, 3.63) is 66.1 Å². The van der Waals surface area contributed by atoms with Gasteiger partial charge in [0.15, 0.2) is 0 Å². The molecule has 6 nitrogen and oxygen atoms in total. The Bertz CT molecular complexity index is 907. The maximum Gasteiger partial charge on any atom is 0.254 e. The lowest BCUT2D eigenvalue weighted by Crippen LogP contribution is -2.38. The molecule has 1 aliphatic heterocycles. The number of likely N-dealkylation sites (tertiary alicyclic amines) is 1. The van der Waals surface area contributed by atoms with E-state index in [1.54, 1.807) is 24.3 Å².